The van der Waals surface area contributed by atoms with Gasteiger partial charge in [-0.2, -0.15) is 18.0 Å². The lowest BCUT2D eigenvalue weighted by molar-refractivity contribution is 0.291. The number of hydrogen-bond acceptors (Lipinski definition) is 4. The highest BCUT2D eigenvalue weighted by molar-refractivity contribution is 7.92. The van der Waals surface area contributed by atoms with Gasteiger partial charge in [0.2, 0.25) is 5.88 Å². The van der Waals surface area contributed by atoms with E-state index in [0.29, 0.717) is 18.2 Å². The van der Waals surface area contributed by atoms with Crippen LogP contribution in [0.1, 0.15) is 5.56 Å². The molecule has 29 heavy (non-hydrogen) atoms. The number of ether oxygens (including phenoxy) is 1. The second kappa shape index (κ2) is 8.20. The topological polar surface area (TPSA) is 73.2 Å². The number of nitrogens with one attached hydrogen (secondary N) is 1. The van der Waals surface area contributed by atoms with Gasteiger partial charge in [-0.3, -0.25) is 0 Å². The van der Waals surface area contributed by atoms with Crippen LogP contribution >= 0.6 is 0 Å². The van der Waals surface area contributed by atoms with Crippen molar-refractivity contribution in [3.05, 3.63) is 103 Å². The molecule has 3 aromatic carbocycles. The van der Waals surface area contributed by atoms with Gasteiger partial charge in [0.25, 0.3) is 10.0 Å². The minimum absolute atomic E-state index is 0.154. The molecule has 0 atom stereocenters. The summed E-state index contributed by atoms with van der Waals surface area (Å²) in [4.78, 5) is 3.91. The van der Waals surface area contributed by atoms with E-state index in [1.165, 1.54) is 16.9 Å². The average Bonchev–Trinajstić information content (AvgIpc) is 3.16. The molecule has 0 amide bonds. The van der Waals surface area contributed by atoms with E-state index in [0.717, 1.165) is 11.1 Å². The van der Waals surface area contributed by atoms with Crippen LogP contribution in [-0.4, -0.2) is 18.3 Å². The van der Waals surface area contributed by atoms with Gasteiger partial charge in [0.05, 0.1) is 10.6 Å². The maximum Gasteiger partial charge on any atom is 0.276 e. The van der Waals surface area contributed by atoms with E-state index < -0.39 is 10.0 Å². The molecule has 0 aliphatic heterocycles. The van der Waals surface area contributed by atoms with Gasteiger partial charge in [0.15, 0.2) is 0 Å². The van der Waals surface area contributed by atoms with Crippen LogP contribution in [0.4, 0.5) is 0 Å². The molecule has 1 heterocycles. The van der Waals surface area contributed by atoms with Gasteiger partial charge >= 0.3 is 0 Å². The lowest BCUT2D eigenvalue weighted by atomic mass is 10.1. The Morgan fingerprint density at radius 3 is 2.07 bits per heavy atom. The summed E-state index contributed by atoms with van der Waals surface area (Å²) >= 11 is 0. The number of nitrogens with zero attached hydrogens (tertiary/aromatic N) is 2. The molecule has 0 saturated carbocycles. The highest BCUT2D eigenvalue weighted by atomic mass is 32.2. The van der Waals surface area contributed by atoms with Crippen LogP contribution in [0, 0.1) is 0 Å². The van der Waals surface area contributed by atoms with Crippen molar-refractivity contribution in [2.75, 3.05) is 4.83 Å². The zero-order valence-electron chi connectivity index (χ0n) is 15.5. The average molecular weight is 405 g/mol. The van der Waals surface area contributed by atoms with E-state index >= 15 is 0 Å². The summed E-state index contributed by atoms with van der Waals surface area (Å²) in [7, 11) is -3.80. The largest absolute Gasteiger partial charge is 0.472 e. The highest BCUT2D eigenvalue weighted by Gasteiger charge is 2.18. The van der Waals surface area contributed by atoms with E-state index in [9.17, 15) is 8.42 Å². The first-order valence-corrected chi connectivity index (χ1v) is 10.5. The molecule has 0 saturated heterocycles. The molecule has 7 heteroatoms. The normalized spacial score (nSPS) is 11.2. The minimum atomic E-state index is -3.80. The number of hydrogen-bond donors (Lipinski definition) is 1. The molecule has 0 bridgehead atoms. The van der Waals surface area contributed by atoms with Crippen molar-refractivity contribution in [1.29, 1.82) is 0 Å². The maximum atomic E-state index is 12.8. The zero-order chi connectivity index (χ0) is 20.1. The van der Waals surface area contributed by atoms with Crippen molar-refractivity contribution in [3.63, 3.8) is 0 Å². The monoisotopic (exact) mass is 405 g/mol. The first kappa shape index (κ1) is 18.8. The van der Waals surface area contributed by atoms with Gasteiger partial charge in [-0.25, -0.2) is 0 Å². The van der Waals surface area contributed by atoms with E-state index in [1.807, 2.05) is 60.7 Å². The summed E-state index contributed by atoms with van der Waals surface area (Å²) < 4.78 is 31.3. The van der Waals surface area contributed by atoms with Gasteiger partial charge in [-0.1, -0.05) is 78.9 Å². The smallest absolute Gasteiger partial charge is 0.276 e. The Kier molecular flexibility index (Phi) is 5.31. The van der Waals surface area contributed by atoms with Gasteiger partial charge < -0.3 is 4.74 Å². The lowest BCUT2D eigenvalue weighted by Crippen LogP contribution is -2.25. The number of benzene rings is 3. The molecular weight excluding hydrogens is 386 g/mol. The van der Waals surface area contributed by atoms with Gasteiger partial charge in [-0.05, 0) is 17.7 Å². The van der Waals surface area contributed by atoms with Crippen molar-refractivity contribution in [2.24, 2.45) is 0 Å². The standard InChI is InChI=1S/C22H19N3O3S/c26-29(27,20-14-8-3-9-15-20)24-25-21(19-12-6-2-7-13-19)16-22(23-25)28-17-18-10-4-1-5-11-18/h1-16,24H,17H2. The third-order valence-electron chi connectivity index (χ3n) is 4.25. The van der Waals surface area contributed by atoms with Crippen molar-refractivity contribution >= 4 is 10.0 Å². The Balaban J connectivity index is 1.65. The van der Waals surface area contributed by atoms with Crippen molar-refractivity contribution in [3.8, 4) is 17.1 Å². The number of aromatic nitrogens is 2. The SMILES string of the molecule is O=S(=O)(Nn1nc(OCc2ccccc2)cc1-c1ccccc1)c1ccccc1. The fraction of sp³-hybridized carbons (Fsp3) is 0.0455. The molecule has 0 fully saturated rings. The van der Waals surface area contributed by atoms with Crippen molar-refractivity contribution in [2.45, 2.75) is 11.5 Å². The number of sulfonamides is 1. The summed E-state index contributed by atoms with van der Waals surface area (Å²) in [5.41, 5.74) is 2.38. The molecule has 0 spiro atoms. The third kappa shape index (κ3) is 4.47. The molecule has 0 aliphatic rings. The molecule has 0 unspecified atom stereocenters. The van der Waals surface area contributed by atoms with Crippen LogP contribution in [0.2, 0.25) is 0 Å². The highest BCUT2D eigenvalue weighted by Crippen LogP contribution is 2.24. The molecule has 1 N–H and O–H groups in total. The molecule has 6 nitrogen and oxygen atoms in total. The summed E-state index contributed by atoms with van der Waals surface area (Å²) in [5.74, 6) is 0.323. The number of rotatable bonds is 7. The maximum absolute atomic E-state index is 12.8. The minimum Gasteiger partial charge on any atom is -0.472 e. The van der Waals surface area contributed by atoms with Gasteiger partial charge in [-0.15, -0.1) is 5.10 Å². The summed E-state index contributed by atoms with van der Waals surface area (Å²) in [6.45, 7) is 0.331. The summed E-state index contributed by atoms with van der Waals surface area (Å²) in [6, 6.07) is 29.0. The van der Waals surface area contributed by atoms with E-state index in [2.05, 4.69) is 9.93 Å². The molecular formula is C22H19N3O3S. The van der Waals surface area contributed by atoms with E-state index in [-0.39, 0.29) is 4.90 Å². The third-order valence-corrected chi connectivity index (χ3v) is 5.55. The fourth-order valence-electron chi connectivity index (χ4n) is 2.81. The first-order valence-electron chi connectivity index (χ1n) is 9.02. The molecule has 0 aliphatic carbocycles. The Hall–Kier alpha value is -3.58. The summed E-state index contributed by atoms with van der Waals surface area (Å²) in [6.07, 6.45) is 0. The predicted octanol–water partition coefficient (Wildman–Crippen LogP) is 4.06. The van der Waals surface area contributed by atoms with Crippen LogP contribution in [0.15, 0.2) is 102 Å². The van der Waals surface area contributed by atoms with E-state index in [4.69, 9.17) is 4.74 Å². The Bertz CT molecular complexity index is 1180. The van der Waals surface area contributed by atoms with Crippen LogP contribution in [0.5, 0.6) is 5.88 Å². The lowest BCUT2D eigenvalue weighted by Gasteiger charge is -2.11. The zero-order valence-corrected chi connectivity index (χ0v) is 16.3. The van der Waals surface area contributed by atoms with Crippen LogP contribution < -0.4 is 9.57 Å². The van der Waals surface area contributed by atoms with Crippen molar-refractivity contribution < 1.29 is 13.2 Å². The second-order valence-corrected chi connectivity index (χ2v) is 7.99. The van der Waals surface area contributed by atoms with Gasteiger partial charge in [0.1, 0.15) is 6.61 Å². The quantitative estimate of drug-likeness (QED) is 0.503. The second-order valence-electron chi connectivity index (χ2n) is 6.33. The fourth-order valence-corrected chi connectivity index (χ4v) is 3.80. The predicted molar refractivity (Wildman–Crippen MR) is 111 cm³/mol. The van der Waals surface area contributed by atoms with Crippen LogP contribution in [-0.2, 0) is 16.6 Å². The molecule has 146 valence electrons. The first-order chi connectivity index (χ1) is 14.1. The summed E-state index contributed by atoms with van der Waals surface area (Å²) in [5, 5.41) is 4.32. The molecule has 1 aromatic heterocycles. The molecule has 4 rings (SSSR count). The Labute approximate surface area is 169 Å². The van der Waals surface area contributed by atoms with Crippen molar-refractivity contribution in [1.82, 2.24) is 9.89 Å². The van der Waals surface area contributed by atoms with Gasteiger partial charge in [0, 0.05) is 11.6 Å². The Morgan fingerprint density at radius 1 is 0.828 bits per heavy atom. The van der Waals surface area contributed by atoms with Crippen LogP contribution in [0.25, 0.3) is 11.3 Å². The van der Waals surface area contributed by atoms with E-state index in [1.54, 1.807) is 24.3 Å². The molecule has 4 aromatic rings. The van der Waals surface area contributed by atoms with Crippen LogP contribution in [0.3, 0.4) is 0 Å². The molecule has 0 radical (unpaired) electrons. The Morgan fingerprint density at radius 2 is 1.41 bits per heavy atom.